The summed E-state index contributed by atoms with van der Waals surface area (Å²) in [7, 11) is 0. The van der Waals surface area contributed by atoms with E-state index in [0.717, 1.165) is 36.9 Å². The minimum atomic E-state index is -2.86. The Kier molecular flexibility index (Phi) is 6.47. The summed E-state index contributed by atoms with van der Waals surface area (Å²) in [6.45, 7) is 0.807. The molecule has 2 aromatic carbocycles. The third kappa shape index (κ3) is 5.55. The summed E-state index contributed by atoms with van der Waals surface area (Å²) in [5, 5.41) is 3.52. The Labute approximate surface area is 161 Å². The molecule has 1 heterocycles. The molecule has 0 bridgehead atoms. The number of rotatable bonds is 6. The van der Waals surface area contributed by atoms with Gasteiger partial charge in [-0.05, 0) is 36.4 Å². The van der Waals surface area contributed by atoms with Crippen molar-refractivity contribution in [2.45, 2.75) is 6.61 Å². The lowest BCUT2D eigenvalue weighted by molar-refractivity contribution is -0.892. The average molecular weight is 397 g/mol. The van der Waals surface area contributed by atoms with Crippen LogP contribution in [0.25, 0.3) is 0 Å². The number of ether oxygens (including phenoxy) is 1. The molecule has 0 spiro atoms. The standard InChI is InChI=1S/C19H20ClF2N3O2/c20-16-3-1-2-4-17(16)25-11-9-24(10-12-25)13-18(26)23-14-5-7-15(8-6-14)27-19(21)22/h1-8,19H,9-13H2,(H,23,26)/p+1. The van der Waals surface area contributed by atoms with E-state index in [1.807, 2.05) is 24.3 Å². The maximum Gasteiger partial charge on any atom is 0.387 e. The van der Waals surface area contributed by atoms with Crippen LogP contribution < -0.4 is 19.9 Å². The van der Waals surface area contributed by atoms with Crippen molar-refractivity contribution in [3.63, 3.8) is 0 Å². The molecule has 0 radical (unpaired) electrons. The Hall–Kier alpha value is -2.38. The molecule has 0 saturated carbocycles. The van der Waals surface area contributed by atoms with E-state index in [1.54, 1.807) is 12.1 Å². The van der Waals surface area contributed by atoms with Gasteiger partial charge in [0.15, 0.2) is 6.54 Å². The van der Waals surface area contributed by atoms with E-state index in [9.17, 15) is 13.6 Å². The Bertz CT molecular complexity index is 766. The van der Waals surface area contributed by atoms with Crippen LogP contribution >= 0.6 is 11.6 Å². The highest BCUT2D eigenvalue weighted by Gasteiger charge is 2.23. The maximum atomic E-state index is 12.2. The van der Waals surface area contributed by atoms with Gasteiger partial charge in [-0.3, -0.25) is 4.79 Å². The SMILES string of the molecule is O=C(C[NH+]1CCN(c2ccccc2Cl)CC1)Nc1ccc(OC(F)F)cc1. The molecule has 3 rings (SSSR count). The van der Waals surface area contributed by atoms with Crippen molar-refractivity contribution in [1.29, 1.82) is 0 Å². The van der Waals surface area contributed by atoms with Gasteiger partial charge in [-0.15, -0.1) is 0 Å². The van der Waals surface area contributed by atoms with Crippen molar-refractivity contribution in [2.24, 2.45) is 0 Å². The van der Waals surface area contributed by atoms with Gasteiger partial charge >= 0.3 is 6.61 Å². The number of carbonyl (C=O) groups is 1. The lowest BCUT2D eigenvalue weighted by Gasteiger charge is -2.33. The highest BCUT2D eigenvalue weighted by atomic mass is 35.5. The molecule has 0 unspecified atom stereocenters. The minimum Gasteiger partial charge on any atom is -0.435 e. The van der Waals surface area contributed by atoms with E-state index in [-0.39, 0.29) is 11.7 Å². The zero-order valence-electron chi connectivity index (χ0n) is 14.6. The molecule has 5 nitrogen and oxygen atoms in total. The van der Waals surface area contributed by atoms with E-state index in [1.165, 1.54) is 17.0 Å². The normalized spacial score (nSPS) is 15.0. The lowest BCUT2D eigenvalue weighted by atomic mass is 10.2. The van der Waals surface area contributed by atoms with Gasteiger partial charge in [0.25, 0.3) is 5.91 Å². The number of quaternary nitrogens is 1. The van der Waals surface area contributed by atoms with E-state index in [2.05, 4.69) is 15.0 Å². The van der Waals surface area contributed by atoms with Crippen LogP contribution in [0.3, 0.4) is 0 Å². The predicted octanol–water partition coefficient (Wildman–Crippen LogP) is 2.29. The van der Waals surface area contributed by atoms with Crippen LogP contribution in [0, 0.1) is 0 Å². The Morgan fingerprint density at radius 2 is 1.81 bits per heavy atom. The molecule has 27 heavy (non-hydrogen) atoms. The second kappa shape index (κ2) is 9.01. The van der Waals surface area contributed by atoms with Crippen LogP contribution in [-0.2, 0) is 4.79 Å². The molecule has 0 aromatic heterocycles. The van der Waals surface area contributed by atoms with E-state index < -0.39 is 6.61 Å². The van der Waals surface area contributed by atoms with Gasteiger partial charge in [0.2, 0.25) is 0 Å². The number of alkyl halides is 2. The topological polar surface area (TPSA) is 46.0 Å². The lowest BCUT2D eigenvalue weighted by Crippen LogP contribution is -3.15. The number of benzene rings is 2. The number of carbonyl (C=O) groups excluding carboxylic acids is 1. The quantitative estimate of drug-likeness (QED) is 0.787. The smallest absolute Gasteiger partial charge is 0.387 e. The molecule has 2 aromatic rings. The largest absolute Gasteiger partial charge is 0.435 e. The summed E-state index contributed by atoms with van der Waals surface area (Å²) in [6.07, 6.45) is 0. The van der Waals surface area contributed by atoms with Crippen LogP contribution in [0.4, 0.5) is 20.2 Å². The number of hydrogen-bond donors (Lipinski definition) is 2. The fraction of sp³-hybridized carbons (Fsp3) is 0.316. The molecule has 8 heteroatoms. The fourth-order valence-electron chi connectivity index (χ4n) is 3.10. The average Bonchev–Trinajstić information content (AvgIpc) is 2.64. The molecular formula is C19H21ClF2N3O2+. The van der Waals surface area contributed by atoms with E-state index >= 15 is 0 Å². The van der Waals surface area contributed by atoms with Crippen molar-refractivity contribution >= 4 is 28.9 Å². The van der Waals surface area contributed by atoms with Crippen molar-refractivity contribution < 1.29 is 23.2 Å². The number of amides is 1. The number of para-hydroxylation sites is 1. The molecule has 0 atom stereocenters. The van der Waals surface area contributed by atoms with Gasteiger partial charge in [0.05, 0.1) is 36.9 Å². The molecule has 1 aliphatic rings. The van der Waals surface area contributed by atoms with Crippen LogP contribution in [0.5, 0.6) is 5.75 Å². The molecule has 1 saturated heterocycles. The second-order valence-corrected chi connectivity index (χ2v) is 6.72. The number of anilines is 2. The third-order valence-electron chi connectivity index (χ3n) is 4.44. The van der Waals surface area contributed by atoms with Crippen LogP contribution in [0.1, 0.15) is 0 Å². The van der Waals surface area contributed by atoms with Gasteiger partial charge in [0, 0.05) is 5.69 Å². The van der Waals surface area contributed by atoms with Gasteiger partial charge < -0.3 is 19.9 Å². The summed E-state index contributed by atoms with van der Waals surface area (Å²) in [5.41, 5.74) is 1.57. The zero-order chi connectivity index (χ0) is 19.2. The van der Waals surface area contributed by atoms with Gasteiger partial charge in [-0.1, -0.05) is 23.7 Å². The molecule has 2 N–H and O–H groups in total. The summed E-state index contributed by atoms with van der Waals surface area (Å²) < 4.78 is 28.6. The fourth-order valence-corrected chi connectivity index (χ4v) is 3.36. The van der Waals surface area contributed by atoms with Gasteiger partial charge in [-0.2, -0.15) is 8.78 Å². The van der Waals surface area contributed by atoms with Crippen molar-refractivity contribution in [1.82, 2.24) is 0 Å². The number of nitrogens with one attached hydrogen (secondary N) is 2. The minimum absolute atomic E-state index is 0.0596. The Morgan fingerprint density at radius 3 is 2.44 bits per heavy atom. The Balaban J connectivity index is 1.46. The van der Waals surface area contributed by atoms with Crippen molar-refractivity contribution in [3.8, 4) is 5.75 Å². The van der Waals surface area contributed by atoms with E-state index in [4.69, 9.17) is 11.6 Å². The second-order valence-electron chi connectivity index (χ2n) is 6.32. The van der Waals surface area contributed by atoms with Crippen LogP contribution in [-0.4, -0.2) is 45.2 Å². The number of nitrogens with zero attached hydrogens (tertiary/aromatic N) is 1. The number of halogens is 3. The zero-order valence-corrected chi connectivity index (χ0v) is 15.4. The summed E-state index contributed by atoms with van der Waals surface area (Å²) >= 11 is 6.24. The number of piperazine rings is 1. The summed E-state index contributed by atoms with van der Waals surface area (Å²) in [4.78, 5) is 15.6. The maximum absolute atomic E-state index is 12.2. The predicted molar refractivity (Wildman–Crippen MR) is 101 cm³/mol. The summed E-state index contributed by atoms with van der Waals surface area (Å²) in [5.74, 6) is -0.0527. The van der Waals surface area contributed by atoms with Crippen molar-refractivity contribution in [2.75, 3.05) is 42.9 Å². The highest BCUT2D eigenvalue weighted by molar-refractivity contribution is 6.33. The molecule has 1 amide bonds. The molecule has 1 fully saturated rings. The number of hydrogen-bond acceptors (Lipinski definition) is 3. The first-order valence-electron chi connectivity index (χ1n) is 8.69. The molecule has 1 aliphatic heterocycles. The van der Waals surface area contributed by atoms with Crippen LogP contribution in [0.2, 0.25) is 5.02 Å². The van der Waals surface area contributed by atoms with E-state index in [0.29, 0.717) is 12.2 Å². The third-order valence-corrected chi connectivity index (χ3v) is 4.76. The molecular weight excluding hydrogens is 376 g/mol. The molecule has 0 aliphatic carbocycles. The summed E-state index contributed by atoms with van der Waals surface area (Å²) in [6, 6.07) is 13.6. The van der Waals surface area contributed by atoms with Crippen molar-refractivity contribution in [3.05, 3.63) is 53.6 Å². The van der Waals surface area contributed by atoms with Gasteiger partial charge in [-0.25, -0.2) is 0 Å². The first-order valence-corrected chi connectivity index (χ1v) is 9.07. The highest BCUT2D eigenvalue weighted by Crippen LogP contribution is 2.24. The van der Waals surface area contributed by atoms with Crippen LogP contribution in [0.15, 0.2) is 48.5 Å². The first-order chi connectivity index (χ1) is 13.0. The first kappa shape index (κ1) is 19.4. The van der Waals surface area contributed by atoms with Gasteiger partial charge in [0.1, 0.15) is 5.75 Å². The molecule has 144 valence electrons. The Morgan fingerprint density at radius 1 is 1.15 bits per heavy atom. The monoisotopic (exact) mass is 396 g/mol.